The maximum absolute atomic E-state index is 10.2. The number of fused-ring (bicyclic) bond motifs is 1. The predicted molar refractivity (Wildman–Crippen MR) is 54.0 cm³/mol. The van der Waals surface area contributed by atoms with Crippen molar-refractivity contribution in [3.63, 3.8) is 0 Å². The van der Waals surface area contributed by atoms with E-state index in [1.807, 2.05) is 20.8 Å². The Balaban J connectivity index is 0.000000143. The van der Waals surface area contributed by atoms with E-state index in [1.54, 1.807) is 0 Å². The molecule has 1 aliphatic heterocycles. The lowest BCUT2D eigenvalue weighted by atomic mass is 10.2. The van der Waals surface area contributed by atoms with Crippen molar-refractivity contribution in [1.82, 2.24) is 0 Å². The van der Waals surface area contributed by atoms with Crippen molar-refractivity contribution in [2.24, 2.45) is 5.92 Å². The zero-order valence-electron chi connectivity index (χ0n) is 9.50. The van der Waals surface area contributed by atoms with Crippen LogP contribution in [0, 0.1) is 5.92 Å². The number of hydrogen-bond acceptors (Lipinski definition) is 3. The average Bonchev–Trinajstić information content (AvgIpc) is 2.55. The van der Waals surface area contributed by atoms with Crippen LogP contribution in [-0.4, -0.2) is 24.3 Å². The SMILES string of the molecule is C1CC2CC2O1.CC(=O)OC(C)(C)C. The number of carbonyl (C=O) groups is 1. The van der Waals surface area contributed by atoms with Crippen molar-refractivity contribution in [3.8, 4) is 0 Å². The molecule has 1 saturated heterocycles. The molecule has 3 nitrogen and oxygen atoms in total. The van der Waals surface area contributed by atoms with Crippen LogP contribution in [0.4, 0.5) is 0 Å². The standard InChI is InChI=1S/C6H12O2.C5H8O/c1-5(7)8-6(2,3)4;1-2-6-5-3-4(1)5/h1-4H3;4-5H,1-3H2. The first-order valence-corrected chi connectivity index (χ1v) is 5.19. The maximum Gasteiger partial charge on any atom is 0.303 e. The second-order valence-electron chi connectivity index (χ2n) is 4.90. The van der Waals surface area contributed by atoms with Crippen molar-refractivity contribution >= 4 is 5.97 Å². The highest BCUT2D eigenvalue weighted by Crippen LogP contribution is 2.41. The zero-order valence-corrected chi connectivity index (χ0v) is 9.50. The summed E-state index contributed by atoms with van der Waals surface area (Å²) in [5.74, 6) is 0.766. The van der Waals surface area contributed by atoms with Gasteiger partial charge in [0.2, 0.25) is 0 Å². The van der Waals surface area contributed by atoms with Gasteiger partial charge < -0.3 is 9.47 Å². The maximum atomic E-state index is 10.2. The lowest BCUT2D eigenvalue weighted by Crippen LogP contribution is -2.21. The summed E-state index contributed by atoms with van der Waals surface area (Å²) in [6, 6.07) is 0. The molecular formula is C11H20O3. The van der Waals surface area contributed by atoms with Crippen LogP contribution in [-0.2, 0) is 14.3 Å². The molecule has 1 heterocycles. The number of ether oxygens (including phenoxy) is 2. The first-order chi connectivity index (χ1) is 6.38. The quantitative estimate of drug-likeness (QED) is 0.562. The molecule has 14 heavy (non-hydrogen) atoms. The zero-order chi connectivity index (χ0) is 10.8. The van der Waals surface area contributed by atoms with Crippen LogP contribution in [0.3, 0.4) is 0 Å². The van der Waals surface area contributed by atoms with Crippen molar-refractivity contribution in [2.75, 3.05) is 6.61 Å². The molecule has 0 aromatic carbocycles. The molecule has 2 fully saturated rings. The minimum atomic E-state index is -0.328. The third-order valence-electron chi connectivity index (χ3n) is 2.13. The van der Waals surface area contributed by atoms with Gasteiger partial charge >= 0.3 is 5.97 Å². The fraction of sp³-hybridized carbons (Fsp3) is 0.909. The van der Waals surface area contributed by atoms with Gasteiger partial charge in [0.25, 0.3) is 0 Å². The molecular weight excluding hydrogens is 180 g/mol. The Hall–Kier alpha value is -0.570. The molecule has 1 aliphatic carbocycles. The molecule has 0 bridgehead atoms. The fourth-order valence-corrected chi connectivity index (χ4v) is 1.53. The van der Waals surface area contributed by atoms with Crippen LogP contribution >= 0.6 is 0 Å². The topological polar surface area (TPSA) is 35.5 Å². The number of carbonyl (C=O) groups excluding carboxylic acids is 1. The van der Waals surface area contributed by atoms with E-state index in [0.717, 1.165) is 12.5 Å². The van der Waals surface area contributed by atoms with E-state index in [1.165, 1.54) is 19.8 Å². The van der Waals surface area contributed by atoms with Gasteiger partial charge in [-0.2, -0.15) is 0 Å². The average molecular weight is 200 g/mol. The monoisotopic (exact) mass is 200 g/mol. The fourth-order valence-electron chi connectivity index (χ4n) is 1.53. The normalized spacial score (nSPS) is 28.6. The molecule has 3 heteroatoms. The van der Waals surface area contributed by atoms with Crippen LogP contribution in [0.1, 0.15) is 40.5 Å². The molecule has 2 atom stereocenters. The Labute approximate surface area is 85.8 Å². The van der Waals surface area contributed by atoms with Crippen LogP contribution in [0.2, 0.25) is 0 Å². The van der Waals surface area contributed by atoms with E-state index in [9.17, 15) is 4.79 Å². The van der Waals surface area contributed by atoms with E-state index in [0.29, 0.717) is 6.10 Å². The Morgan fingerprint density at radius 3 is 2.14 bits per heavy atom. The van der Waals surface area contributed by atoms with Crippen molar-refractivity contribution in [2.45, 2.75) is 52.2 Å². The van der Waals surface area contributed by atoms with Gasteiger partial charge in [0, 0.05) is 13.5 Å². The van der Waals surface area contributed by atoms with Crippen molar-refractivity contribution < 1.29 is 14.3 Å². The summed E-state index contributed by atoms with van der Waals surface area (Å²) in [7, 11) is 0. The summed E-state index contributed by atoms with van der Waals surface area (Å²) >= 11 is 0. The van der Waals surface area contributed by atoms with Crippen LogP contribution in [0.15, 0.2) is 0 Å². The van der Waals surface area contributed by atoms with Crippen molar-refractivity contribution in [3.05, 3.63) is 0 Å². The highest BCUT2D eigenvalue weighted by Gasteiger charge is 2.42. The molecule has 0 aromatic heterocycles. The molecule has 82 valence electrons. The first kappa shape index (κ1) is 11.5. The summed E-state index contributed by atoms with van der Waals surface area (Å²) in [4.78, 5) is 10.2. The summed E-state index contributed by atoms with van der Waals surface area (Å²) in [5.41, 5.74) is -0.328. The minimum Gasteiger partial charge on any atom is -0.460 e. The summed E-state index contributed by atoms with van der Waals surface area (Å²) < 4.78 is 10.0. The van der Waals surface area contributed by atoms with Gasteiger partial charge in [0.15, 0.2) is 0 Å². The van der Waals surface area contributed by atoms with E-state index >= 15 is 0 Å². The largest absolute Gasteiger partial charge is 0.460 e. The highest BCUT2D eigenvalue weighted by molar-refractivity contribution is 5.66. The molecule has 0 radical (unpaired) electrons. The highest BCUT2D eigenvalue weighted by atomic mass is 16.6. The van der Waals surface area contributed by atoms with E-state index < -0.39 is 0 Å². The number of rotatable bonds is 0. The van der Waals surface area contributed by atoms with Gasteiger partial charge in [-0.1, -0.05) is 0 Å². The molecule has 0 spiro atoms. The summed E-state index contributed by atoms with van der Waals surface area (Å²) in [6.07, 6.45) is 3.41. The van der Waals surface area contributed by atoms with Gasteiger partial charge in [-0.15, -0.1) is 0 Å². The lowest BCUT2D eigenvalue weighted by Gasteiger charge is -2.17. The number of hydrogen-bond donors (Lipinski definition) is 0. The predicted octanol–water partition coefficient (Wildman–Crippen LogP) is 2.14. The summed E-state index contributed by atoms with van der Waals surface area (Å²) in [5, 5.41) is 0. The van der Waals surface area contributed by atoms with Crippen LogP contribution in [0.25, 0.3) is 0 Å². The Morgan fingerprint density at radius 1 is 1.43 bits per heavy atom. The van der Waals surface area contributed by atoms with Gasteiger partial charge in [0.05, 0.1) is 6.10 Å². The molecule has 2 rings (SSSR count). The van der Waals surface area contributed by atoms with E-state index in [2.05, 4.69) is 0 Å². The molecule has 2 unspecified atom stereocenters. The second kappa shape index (κ2) is 4.30. The van der Waals surface area contributed by atoms with Gasteiger partial charge in [-0.05, 0) is 39.5 Å². The van der Waals surface area contributed by atoms with Gasteiger partial charge in [0.1, 0.15) is 5.60 Å². The van der Waals surface area contributed by atoms with E-state index in [4.69, 9.17) is 9.47 Å². The Kier molecular flexibility index (Phi) is 3.53. The molecule has 1 saturated carbocycles. The lowest BCUT2D eigenvalue weighted by molar-refractivity contribution is -0.151. The molecule has 0 N–H and O–H groups in total. The van der Waals surface area contributed by atoms with Crippen LogP contribution < -0.4 is 0 Å². The molecule has 2 aliphatic rings. The second-order valence-corrected chi connectivity index (χ2v) is 4.90. The Morgan fingerprint density at radius 2 is 2.07 bits per heavy atom. The van der Waals surface area contributed by atoms with Crippen LogP contribution in [0.5, 0.6) is 0 Å². The van der Waals surface area contributed by atoms with Crippen molar-refractivity contribution in [1.29, 1.82) is 0 Å². The first-order valence-electron chi connectivity index (χ1n) is 5.19. The van der Waals surface area contributed by atoms with Gasteiger partial charge in [-0.25, -0.2) is 0 Å². The van der Waals surface area contributed by atoms with E-state index in [-0.39, 0.29) is 11.6 Å². The molecule has 0 aromatic rings. The number of esters is 1. The molecule has 0 amide bonds. The minimum absolute atomic E-state index is 0.225. The third kappa shape index (κ3) is 4.61. The smallest absolute Gasteiger partial charge is 0.303 e. The summed E-state index contributed by atoms with van der Waals surface area (Å²) in [6.45, 7) is 7.97. The van der Waals surface area contributed by atoms with Gasteiger partial charge in [-0.3, -0.25) is 4.79 Å². The third-order valence-corrected chi connectivity index (χ3v) is 2.13. The Bertz CT molecular complexity index is 197.